The third-order valence-electron chi connectivity index (χ3n) is 0.998. The second-order valence-corrected chi connectivity index (χ2v) is 5.03. The van der Waals surface area contributed by atoms with E-state index in [2.05, 4.69) is 18.2 Å². The van der Waals surface area contributed by atoms with Crippen LogP contribution in [0.3, 0.4) is 0 Å². The Labute approximate surface area is 74.2 Å². The van der Waals surface area contributed by atoms with Gasteiger partial charge in [-0.15, -0.1) is 3.82 Å². The highest BCUT2D eigenvalue weighted by Gasteiger charge is 2.26. The van der Waals surface area contributed by atoms with Crippen molar-refractivity contribution >= 4 is 34.9 Å². The highest BCUT2D eigenvalue weighted by atomic mass is 32.2. The minimum absolute atomic E-state index is 0.211. The van der Waals surface area contributed by atoms with Gasteiger partial charge in [0, 0.05) is 4.91 Å². The Morgan fingerprint density at radius 1 is 1.73 bits per heavy atom. The Bertz CT molecular complexity index is 295. The highest BCUT2D eigenvalue weighted by Crippen LogP contribution is 2.31. The minimum atomic E-state index is -4.13. The largest absolute Gasteiger partial charge is 0.311 e. The fourth-order valence-corrected chi connectivity index (χ4v) is 2.71. The third-order valence-corrected chi connectivity index (χ3v) is 3.13. The van der Waals surface area contributed by atoms with Crippen LogP contribution in [0, 0.1) is 0 Å². The summed E-state index contributed by atoms with van der Waals surface area (Å²) < 4.78 is 30.9. The monoisotopic (exact) mass is 214 g/mol. The molecule has 1 aliphatic heterocycles. The van der Waals surface area contributed by atoms with Gasteiger partial charge in [0.05, 0.1) is 0 Å². The second kappa shape index (κ2) is 2.87. The smallest absolute Gasteiger partial charge is 0.287 e. The first-order chi connectivity index (χ1) is 4.91. The molecule has 0 atom stereocenters. The van der Waals surface area contributed by atoms with Gasteiger partial charge in [0.25, 0.3) is 0 Å². The maximum Gasteiger partial charge on any atom is 0.311 e. The molecule has 0 aromatic heterocycles. The molecule has 0 aliphatic carbocycles. The third kappa shape index (κ3) is 2.03. The van der Waals surface area contributed by atoms with E-state index >= 15 is 0 Å². The molecule has 0 fully saturated rings. The van der Waals surface area contributed by atoms with Crippen LogP contribution >= 0.6 is 24.8 Å². The van der Waals surface area contributed by atoms with Gasteiger partial charge in [0.2, 0.25) is 0 Å². The van der Waals surface area contributed by atoms with E-state index in [0.717, 1.165) is 11.9 Å². The fourth-order valence-electron chi connectivity index (χ4n) is 0.599. The molecule has 1 heterocycles. The highest BCUT2D eigenvalue weighted by molar-refractivity contribution is 8.09. The van der Waals surface area contributed by atoms with Gasteiger partial charge in [0.1, 0.15) is 0 Å². The minimum Gasteiger partial charge on any atom is -0.287 e. The Kier molecular flexibility index (Phi) is 2.40. The molecule has 0 spiro atoms. The lowest BCUT2D eigenvalue weighted by atomic mass is 10.7. The van der Waals surface area contributed by atoms with E-state index in [-0.39, 0.29) is 5.03 Å². The summed E-state index contributed by atoms with van der Waals surface area (Å²) in [6.45, 7) is 1.57. The first-order valence-electron chi connectivity index (χ1n) is 2.53. The predicted molar refractivity (Wildman–Crippen MR) is 45.8 cm³/mol. The number of thiol groups is 1. The second-order valence-electron chi connectivity index (χ2n) is 1.84. The van der Waals surface area contributed by atoms with Crippen LogP contribution in [-0.4, -0.2) is 16.8 Å². The molecule has 0 unspecified atom stereocenters. The first kappa shape index (κ1) is 9.20. The topological polar surface area (TPSA) is 69.6 Å². The number of allylic oxidation sites excluding steroid dienone is 1. The van der Waals surface area contributed by atoms with Crippen molar-refractivity contribution < 1.29 is 13.0 Å². The number of nitrogens with one attached hydrogen (secondary N) is 1. The van der Waals surface area contributed by atoms with Crippen LogP contribution in [0.15, 0.2) is 9.93 Å². The molecule has 0 radical (unpaired) electrons. The molecule has 0 amide bonds. The molecule has 8 heteroatoms. The molecule has 1 rings (SSSR count). The van der Waals surface area contributed by atoms with Crippen LogP contribution in [0.4, 0.5) is 0 Å². The molecule has 0 saturated heterocycles. The molecule has 1 aliphatic rings. The standard InChI is InChI=1S/C3H6N2O3S3/c1-2-3(11(6,7)8)4-5(9)10-2/h4,9H,1H3,(H,6,7,8). The molecule has 64 valence electrons. The zero-order valence-corrected chi connectivity index (χ0v) is 8.00. The number of hydrazine groups is 1. The summed E-state index contributed by atoms with van der Waals surface area (Å²) in [5.74, 6) is 0. The normalized spacial score (nSPS) is 20.6. The Hall–Kier alpha value is 0.110. The lowest BCUT2D eigenvalue weighted by Crippen LogP contribution is -2.22. The van der Waals surface area contributed by atoms with Crippen molar-refractivity contribution in [2.75, 3.05) is 0 Å². The average Bonchev–Trinajstić information content (AvgIpc) is 2.08. The molecule has 0 aromatic rings. The summed E-state index contributed by atoms with van der Waals surface area (Å²) in [7, 11) is -4.13. The van der Waals surface area contributed by atoms with Gasteiger partial charge in [-0.25, -0.2) is 0 Å². The summed E-state index contributed by atoms with van der Waals surface area (Å²) in [5, 5.41) is -0.211. The van der Waals surface area contributed by atoms with Gasteiger partial charge < -0.3 is 0 Å². The van der Waals surface area contributed by atoms with Crippen molar-refractivity contribution in [2.24, 2.45) is 0 Å². The molecule has 0 bridgehead atoms. The summed E-state index contributed by atoms with van der Waals surface area (Å²) in [6, 6.07) is 0. The Balaban J connectivity index is 2.99. The van der Waals surface area contributed by atoms with Gasteiger partial charge in [0.15, 0.2) is 5.03 Å². The first-order valence-corrected chi connectivity index (χ1v) is 5.14. The molecule has 0 aromatic carbocycles. The van der Waals surface area contributed by atoms with Gasteiger partial charge in [-0.2, -0.15) is 8.42 Å². The van der Waals surface area contributed by atoms with Crippen LogP contribution < -0.4 is 5.43 Å². The maximum atomic E-state index is 10.6. The van der Waals surface area contributed by atoms with E-state index < -0.39 is 10.1 Å². The molecule has 5 nitrogen and oxygen atoms in total. The van der Waals surface area contributed by atoms with Gasteiger partial charge in [-0.05, 0) is 18.9 Å². The quantitative estimate of drug-likeness (QED) is 0.333. The van der Waals surface area contributed by atoms with Crippen LogP contribution in [0.25, 0.3) is 0 Å². The number of hydrogen-bond donors (Lipinski definition) is 3. The van der Waals surface area contributed by atoms with Crippen molar-refractivity contribution in [3.63, 3.8) is 0 Å². The Morgan fingerprint density at radius 3 is 2.45 bits per heavy atom. The van der Waals surface area contributed by atoms with E-state index in [9.17, 15) is 8.42 Å². The van der Waals surface area contributed by atoms with E-state index in [1.165, 1.54) is 3.82 Å². The number of rotatable bonds is 1. The predicted octanol–water partition coefficient (Wildman–Crippen LogP) is 0.376. The van der Waals surface area contributed by atoms with Gasteiger partial charge in [-0.3, -0.25) is 9.98 Å². The summed E-state index contributed by atoms with van der Waals surface area (Å²) in [6.07, 6.45) is 0. The zero-order chi connectivity index (χ0) is 8.65. The summed E-state index contributed by atoms with van der Waals surface area (Å²) >= 11 is 4.89. The van der Waals surface area contributed by atoms with Crippen molar-refractivity contribution in [2.45, 2.75) is 6.92 Å². The van der Waals surface area contributed by atoms with Crippen molar-refractivity contribution in [3.05, 3.63) is 9.93 Å². The fraction of sp³-hybridized carbons (Fsp3) is 0.333. The molecule has 0 saturated carbocycles. The van der Waals surface area contributed by atoms with E-state index in [1.54, 1.807) is 6.92 Å². The summed E-state index contributed by atoms with van der Waals surface area (Å²) in [5.41, 5.74) is 2.35. The molecular formula is C3H6N2O3S3. The van der Waals surface area contributed by atoms with Crippen LogP contribution in [0.2, 0.25) is 0 Å². The van der Waals surface area contributed by atoms with E-state index in [4.69, 9.17) is 4.55 Å². The SMILES string of the molecule is CC1=C(S(=O)(=O)O)NN(S)S1. The zero-order valence-electron chi connectivity index (χ0n) is 5.47. The maximum absolute atomic E-state index is 10.6. The molecule has 11 heavy (non-hydrogen) atoms. The van der Waals surface area contributed by atoms with Crippen molar-refractivity contribution in [1.29, 1.82) is 0 Å². The van der Waals surface area contributed by atoms with Gasteiger partial charge >= 0.3 is 10.1 Å². The number of nitrogens with zero attached hydrogens (tertiary/aromatic N) is 1. The van der Waals surface area contributed by atoms with Crippen LogP contribution in [0.1, 0.15) is 6.92 Å². The van der Waals surface area contributed by atoms with Crippen LogP contribution in [-0.2, 0) is 10.1 Å². The van der Waals surface area contributed by atoms with E-state index in [0.29, 0.717) is 4.91 Å². The van der Waals surface area contributed by atoms with Crippen molar-refractivity contribution in [1.82, 2.24) is 9.25 Å². The van der Waals surface area contributed by atoms with Crippen molar-refractivity contribution in [3.8, 4) is 0 Å². The average molecular weight is 214 g/mol. The van der Waals surface area contributed by atoms with Crippen LogP contribution in [0.5, 0.6) is 0 Å². The molecular weight excluding hydrogens is 208 g/mol. The van der Waals surface area contributed by atoms with E-state index in [1.807, 2.05) is 0 Å². The summed E-state index contributed by atoms with van der Waals surface area (Å²) in [4.78, 5) is 0.461. The lowest BCUT2D eigenvalue weighted by molar-refractivity contribution is 0.482. The molecule has 2 N–H and O–H groups in total. The number of hydrogen-bond acceptors (Lipinski definition) is 6. The Morgan fingerprint density at radius 2 is 2.27 bits per heavy atom. The lowest BCUT2D eigenvalue weighted by Gasteiger charge is -2.05. The van der Waals surface area contributed by atoms with Gasteiger partial charge in [-0.1, -0.05) is 12.8 Å².